The van der Waals surface area contributed by atoms with Gasteiger partial charge in [-0.3, -0.25) is 0 Å². The van der Waals surface area contributed by atoms with E-state index < -0.39 is 0 Å². The van der Waals surface area contributed by atoms with Crippen molar-refractivity contribution in [2.24, 2.45) is 23.7 Å². The fourth-order valence-electron chi connectivity index (χ4n) is 11.9. The summed E-state index contributed by atoms with van der Waals surface area (Å²) >= 11 is 0. The smallest absolute Gasteiger partial charge is 0.137 e. The Morgan fingerprint density at radius 1 is 0.444 bits per heavy atom. The lowest BCUT2D eigenvalue weighted by Gasteiger charge is -2.61. The summed E-state index contributed by atoms with van der Waals surface area (Å²) in [5.74, 6) is 3.40. The molecular formula is C52H41NO. The third-order valence-electron chi connectivity index (χ3n) is 13.8. The number of benzene rings is 7. The van der Waals surface area contributed by atoms with Gasteiger partial charge in [0.15, 0.2) is 0 Å². The first kappa shape index (κ1) is 30.6. The summed E-state index contributed by atoms with van der Waals surface area (Å²) in [7, 11) is 0. The van der Waals surface area contributed by atoms with Crippen LogP contribution in [0.15, 0.2) is 168 Å². The zero-order valence-corrected chi connectivity index (χ0v) is 30.3. The third kappa shape index (κ3) is 4.34. The monoisotopic (exact) mass is 695 g/mol. The Balaban J connectivity index is 0.976. The zero-order chi connectivity index (χ0) is 35.4. The molecule has 8 aromatic rings. The summed E-state index contributed by atoms with van der Waals surface area (Å²) in [4.78, 5) is 2.39. The number of nitrogens with zero attached hydrogens (tertiary/aromatic N) is 1. The van der Waals surface area contributed by atoms with Crippen molar-refractivity contribution < 1.29 is 4.42 Å². The van der Waals surface area contributed by atoms with Crippen LogP contribution in [-0.2, 0) is 5.41 Å². The second-order valence-corrected chi connectivity index (χ2v) is 16.5. The van der Waals surface area contributed by atoms with Gasteiger partial charge in [0.2, 0.25) is 0 Å². The van der Waals surface area contributed by atoms with E-state index in [2.05, 4.69) is 169 Å². The maximum Gasteiger partial charge on any atom is 0.137 e. The van der Waals surface area contributed by atoms with Crippen molar-refractivity contribution in [3.63, 3.8) is 0 Å². The van der Waals surface area contributed by atoms with Crippen LogP contribution in [0.1, 0.15) is 43.2 Å². The van der Waals surface area contributed by atoms with Crippen LogP contribution >= 0.6 is 0 Å². The van der Waals surface area contributed by atoms with Gasteiger partial charge in [-0.05, 0) is 155 Å². The van der Waals surface area contributed by atoms with E-state index in [1.54, 1.807) is 11.1 Å². The summed E-state index contributed by atoms with van der Waals surface area (Å²) in [6.45, 7) is 0. The van der Waals surface area contributed by atoms with Crippen LogP contribution in [-0.4, -0.2) is 0 Å². The van der Waals surface area contributed by atoms with Crippen LogP contribution in [0.25, 0.3) is 55.3 Å². The van der Waals surface area contributed by atoms with Crippen molar-refractivity contribution >= 4 is 39.0 Å². The highest BCUT2D eigenvalue weighted by atomic mass is 16.3. The molecule has 1 heterocycles. The largest absolute Gasteiger partial charge is 0.456 e. The highest BCUT2D eigenvalue weighted by Crippen LogP contribution is 2.69. The number of rotatable bonds is 5. The predicted octanol–water partition coefficient (Wildman–Crippen LogP) is 14.1. The minimum atomic E-state index is 0.172. The Kier molecular flexibility index (Phi) is 6.55. The number of anilines is 3. The summed E-state index contributed by atoms with van der Waals surface area (Å²) in [6.07, 6.45) is 7.09. The minimum Gasteiger partial charge on any atom is -0.456 e. The highest BCUT2D eigenvalue weighted by Gasteiger charge is 2.61. The lowest BCUT2D eigenvalue weighted by Crippen LogP contribution is -2.55. The topological polar surface area (TPSA) is 16.4 Å². The van der Waals surface area contributed by atoms with Gasteiger partial charge in [0.05, 0.1) is 11.1 Å². The molecule has 0 unspecified atom stereocenters. The second kappa shape index (κ2) is 11.6. The average Bonchev–Trinajstić information content (AvgIpc) is 3.74. The quantitative estimate of drug-likeness (QED) is 0.178. The molecular weight excluding hydrogens is 655 g/mol. The molecule has 0 saturated heterocycles. The fourth-order valence-corrected chi connectivity index (χ4v) is 11.9. The van der Waals surface area contributed by atoms with Crippen LogP contribution in [0.4, 0.5) is 17.1 Å². The standard InChI is InChI=1S/C52H41NO/c1-3-10-35(11-4-1)37-21-25-49-45(31-37)51-48(16-9-17-50(51)54-49)53(41-12-5-2-6-13-41)42-22-18-36(19-23-42)38-20-24-44-43-14-7-8-15-46(43)52(47(44)32-38)39-27-33-26-34(29-39)30-40(52)28-33/h1-25,31-34,39-40H,26-30H2. The molecule has 13 rings (SSSR count). The minimum absolute atomic E-state index is 0.172. The molecule has 0 N–H and O–H groups in total. The molecule has 260 valence electrons. The van der Waals surface area contributed by atoms with Crippen molar-refractivity contribution in [1.82, 2.24) is 0 Å². The Bertz CT molecular complexity index is 2690. The second-order valence-electron chi connectivity index (χ2n) is 16.5. The predicted molar refractivity (Wildman–Crippen MR) is 223 cm³/mol. The summed E-state index contributed by atoms with van der Waals surface area (Å²) in [6, 6.07) is 60.5. The SMILES string of the molecule is c1ccc(-c2ccc3oc4cccc(N(c5ccccc5)c5ccc(-c6ccc7c(c6)C6(c8ccccc8-7)C7CC8CC(C7)CC6C8)cc5)c4c3c2)cc1. The Hall–Kier alpha value is -5.86. The van der Waals surface area contributed by atoms with Crippen LogP contribution < -0.4 is 4.90 Å². The normalized spacial score (nSPS) is 23.3. The fraction of sp³-hybridized carbons (Fsp3) is 0.192. The van der Waals surface area contributed by atoms with Crippen LogP contribution in [0.3, 0.4) is 0 Å². The van der Waals surface area contributed by atoms with E-state index in [0.717, 1.165) is 62.7 Å². The number of para-hydroxylation sites is 1. The highest BCUT2D eigenvalue weighted by molar-refractivity contribution is 6.14. The number of hydrogen-bond acceptors (Lipinski definition) is 2. The first-order valence-electron chi connectivity index (χ1n) is 19.9. The van der Waals surface area contributed by atoms with Crippen molar-refractivity contribution in [3.8, 4) is 33.4 Å². The van der Waals surface area contributed by atoms with Crippen LogP contribution in [0, 0.1) is 23.7 Å². The molecule has 7 aromatic carbocycles. The van der Waals surface area contributed by atoms with E-state index in [1.165, 1.54) is 65.5 Å². The maximum atomic E-state index is 6.50. The van der Waals surface area contributed by atoms with E-state index in [-0.39, 0.29) is 5.41 Å². The van der Waals surface area contributed by atoms with Gasteiger partial charge < -0.3 is 9.32 Å². The van der Waals surface area contributed by atoms with Crippen molar-refractivity contribution in [1.29, 1.82) is 0 Å². The Labute approximate surface area is 316 Å². The van der Waals surface area contributed by atoms with Gasteiger partial charge >= 0.3 is 0 Å². The maximum absolute atomic E-state index is 6.50. The van der Waals surface area contributed by atoms with Gasteiger partial charge in [-0.1, -0.05) is 109 Å². The molecule has 2 heteroatoms. The van der Waals surface area contributed by atoms with E-state index in [9.17, 15) is 0 Å². The van der Waals surface area contributed by atoms with Crippen molar-refractivity contribution in [2.45, 2.75) is 37.5 Å². The van der Waals surface area contributed by atoms with Gasteiger partial charge in [0.1, 0.15) is 11.2 Å². The van der Waals surface area contributed by atoms with E-state index in [4.69, 9.17) is 4.42 Å². The molecule has 54 heavy (non-hydrogen) atoms. The molecule has 0 amide bonds. The Morgan fingerprint density at radius 3 is 1.83 bits per heavy atom. The van der Waals surface area contributed by atoms with Crippen molar-refractivity contribution in [3.05, 3.63) is 175 Å². The summed E-state index contributed by atoms with van der Waals surface area (Å²) in [5, 5.41) is 2.25. The number of fused-ring (bicyclic) bond motifs is 6. The zero-order valence-electron chi connectivity index (χ0n) is 30.3. The first-order chi connectivity index (χ1) is 26.7. The molecule has 5 aliphatic carbocycles. The molecule has 0 aliphatic heterocycles. The molecule has 0 radical (unpaired) electrons. The van der Waals surface area contributed by atoms with Crippen LogP contribution in [0.5, 0.6) is 0 Å². The van der Waals surface area contributed by atoms with E-state index in [1.807, 2.05) is 0 Å². The molecule has 4 bridgehead atoms. The summed E-state index contributed by atoms with van der Waals surface area (Å²) in [5.41, 5.74) is 16.5. The van der Waals surface area contributed by atoms with Gasteiger partial charge in [-0.25, -0.2) is 0 Å². The van der Waals surface area contributed by atoms with Gasteiger partial charge in [0.25, 0.3) is 0 Å². The van der Waals surface area contributed by atoms with Gasteiger partial charge in [0, 0.05) is 22.2 Å². The molecule has 5 aliphatic rings. The molecule has 1 spiro atoms. The summed E-state index contributed by atoms with van der Waals surface area (Å²) < 4.78 is 6.50. The number of hydrogen-bond donors (Lipinski definition) is 0. The molecule has 4 saturated carbocycles. The van der Waals surface area contributed by atoms with Crippen molar-refractivity contribution in [2.75, 3.05) is 4.90 Å². The van der Waals surface area contributed by atoms with E-state index >= 15 is 0 Å². The van der Waals surface area contributed by atoms with Gasteiger partial charge in [-0.2, -0.15) is 0 Å². The average molecular weight is 696 g/mol. The third-order valence-corrected chi connectivity index (χ3v) is 13.8. The van der Waals surface area contributed by atoms with Gasteiger partial charge in [-0.15, -0.1) is 0 Å². The molecule has 4 fully saturated rings. The molecule has 1 aromatic heterocycles. The lowest BCUT2D eigenvalue weighted by molar-refractivity contribution is -0.0399. The first-order valence-corrected chi connectivity index (χ1v) is 19.9. The van der Waals surface area contributed by atoms with Crippen LogP contribution in [0.2, 0.25) is 0 Å². The molecule has 2 nitrogen and oxygen atoms in total. The lowest BCUT2D eigenvalue weighted by atomic mass is 9.43. The Morgan fingerprint density at radius 2 is 1.06 bits per heavy atom. The number of furan rings is 1. The molecule has 0 atom stereocenters. The van der Waals surface area contributed by atoms with E-state index in [0.29, 0.717) is 0 Å².